The van der Waals surface area contributed by atoms with Gasteiger partial charge in [-0.2, -0.15) is 0 Å². The van der Waals surface area contributed by atoms with Gasteiger partial charge in [-0.1, -0.05) is 19.4 Å². The van der Waals surface area contributed by atoms with E-state index < -0.39 is 17.7 Å². The van der Waals surface area contributed by atoms with Crippen molar-refractivity contribution in [2.45, 2.75) is 25.8 Å². The number of hydrogen-bond donors (Lipinski definition) is 1. The van der Waals surface area contributed by atoms with Crippen molar-refractivity contribution in [2.24, 2.45) is 0 Å². The smallest absolute Gasteiger partial charge is 0.295 e. The number of pyridine rings is 1. The number of likely N-dealkylation sites (N-methyl/N-ethyl adjacent to an activating group) is 1. The Morgan fingerprint density at radius 1 is 1.30 bits per heavy atom. The van der Waals surface area contributed by atoms with E-state index in [1.165, 1.54) is 0 Å². The highest BCUT2D eigenvalue weighted by molar-refractivity contribution is 6.46. The molecule has 0 saturated carbocycles. The number of amides is 1. The van der Waals surface area contributed by atoms with Gasteiger partial charge in [-0.3, -0.25) is 14.6 Å². The van der Waals surface area contributed by atoms with Crippen LogP contribution >= 0.6 is 0 Å². The van der Waals surface area contributed by atoms with Crippen LogP contribution in [0.5, 0.6) is 5.75 Å². The van der Waals surface area contributed by atoms with E-state index in [9.17, 15) is 14.7 Å². The molecule has 156 valence electrons. The Morgan fingerprint density at radius 3 is 2.87 bits per heavy atom. The lowest BCUT2D eigenvalue weighted by molar-refractivity contribution is -0.139. The molecule has 2 aromatic rings. The minimum Gasteiger partial charge on any atom is -0.507 e. The summed E-state index contributed by atoms with van der Waals surface area (Å²) in [6, 6.07) is 8.23. The Balaban J connectivity index is 1.83. The molecule has 0 aliphatic carbocycles. The maximum Gasteiger partial charge on any atom is 0.295 e. The zero-order chi connectivity index (χ0) is 21.3. The molecule has 1 aromatic carbocycles. The first-order chi connectivity index (χ1) is 14.5. The number of aliphatic hydroxyl groups is 1. The molecule has 7 nitrogen and oxygen atoms in total. The Morgan fingerprint density at radius 2 is 2.13 bits per heavy atom. The number of rotatable bonds is 5. The summed E-state index contributed by atoms with van der Waals surface area (Å²) in [5.41, 5.74) is 2.12. The number of hydrogen-bond acceptors (Lipinski definition) is 6. The average molecular weight is 407 g/mol. The number of Topliss-reactive ketones (excluding diaryl/α,β-unsaturated/α-hetero) is 1. The number of ketones is 1. The molecule has 1 fully saturated rings. The van der Waals surface area contributed by atoms with Crippen molar-refractivity contribution in [1.82, 2.24) is 9.88 Å². The fraction of sp³-hybridized carbons (Fsp3) is 0.348. The number of nitrogens with zero attached hydrogens (tertiary/aromatic N) is 3. The molecule has 7 heteroatoms. The van der Waals surface area contributed by atoms with Crippen LogP contribution in [-0.4, -0.2) is 53.4 Å². The Bertz CT molecular complexity index is 1000. The molecule has 1 N–H and O–H groups in total. The summed E-state index contributed by atoms with van der Waals surface area (Å²) in [6.45, 7) is 3.80. The van der Waals surface area contributed by atoms with E-state index in [0.29, 0.717) is 24.3 Å². The van der Waals surface area contributed by atoms with Gasteiger partial charge in [0.05, 0.1) is 23.8 Å². The quantitative estimate of drug-likeness (QED) is 0.466. The number of carbonyl (C=O) groups excluding carboxylic acids is 2. The van der Waals surface area contributed by atoms with Gasteiger partial charge in [-0.05, 0) is 36.2 Å². The topological polar surface area (TPSA) is 83.0 Å². The van der Waals surface area contributed by atoms with Gasteiger partial charge in [0.1, 0.15) is 18.1 Å². The molecule has 4 rings (SSSR count). The number of anilines is 1. The summed E-state index contributed by atoms with van der Waals surface area (Å²) in [7, 11) is 1.95. The van der Waals surface area contributed by atoms with Crippen LogP contribution < -0.4 is 9.64 Å². The number of unbranched alkanes of at least 4 members (excludes halogenated alkanes) is 1. The van der Waals surface area contributed by atoms with Gasteiger partial charge >= 0.3 is 0 Å². The summed E-state index contributed by atoms with van der Waals surface area (Å²) in [6.07, 6.45) is 4.93. The van der Waals surface area contributed by atoms with Gasteiger partial charge in [0.15, 0.2) is 0 Å². The van der Waals surface area contributed by atoms with Crippen molar-refractivity contribution < 1.29 is 19.4 Å². The molecule has 0 spiro atoms. The molecule has 1 aromatic heterocycles. The maximum absolute atomic E-state index is 13.0. The Kier molecular flexibility index (Phi) is 5.44. The lowest BCUT2D eigenvalue weighted by Gasteiger charge is -2.28. The van der Waals surface area contributed by atoms with Gasteiger partial charge in [-0.15, -0.1) is 0 Å². The number of ether oxygens (including phenoxy) is 1. The molecule has 3 heterocycles. The first-order valence-electron chi connectivity index (χ1n) is 10.2. The van der Waals surface area contributed by atoms with E-state index >= 15 is 0 Å². The van der Waals surface area contributed by atoms with Crippen LogP contribution in [0.4, 0.5) is 5.69 Å². The summed E-state index contributed by atoms with van der Waals surface area (Å²) < 4.78 is 5.67. The minimum absolute atomic E-state index is 0.100. The van der Waals surface area contributed by atoms with Crippen molar-refractivity contribution in [3.05, 3.63) is 59.4 Å². The minimum atomic E-state index is -0.667. The maximum atomic E-state index is 13.0. The van der Waals surface area contributed by atoms with E-state index in [0.717, 1.165) is 30.8 Å². The number of aliphatic hydroxyl groups excluding tert-OH is 1. The number of carbonyl (C=O) groups is 2. The second-order valence-corrected chi connectivity index (χ2v) is 7.58. The zero-order valence-corrected chi connectivity index (χ0v) is 17.2. The summed E-state index contributed by atoms with van der Waals surface area (Å²) in [5, 5.41) is 11.2. The third-order valence-electron chi connectivity index (χ3n) is 5.62. The van der Waals surface area contributed by atoms with Crippen molar-refractivity contribution in [2.75, 3.05) is 31.6 Å². The normalized spacial score (nSPS) is 20.3. The lowest BCUT2D eigenvalue weighted by atomic mass is 9.96. The second-order valence-electron chi connectivity index (χ2n) is 7.58. The molecule has 2 aliphatic heterocycles. The third kappa shape index (κ3) is 3.40. The molecule has 1 unspecified atom stereocenters. The first kappa shape index (κ1) is 19.9. The van der Waals surface area contributed by atoms with Crippen LogP contribution in [-0.2, 0) is 9.59 Å². The molecular weight excluding hydrogens is 382 g/mol. The molecule has 1 amide bonds. The Labute approximate surface area is 175 Å². The number of aromatic nitrogens is 1. The number of likely N-dealkylation sites (tertiary alicyclic amines) is 1. The fourth-order valence-electron chi connectivity index (χ4n) is 3.98. The van der Waals surface area contributed by atoms with E-state index in [1.807, 2.05) is 24.9 Å². The fourth-order valence-corrected chi connectivity index (χ4v) is 3.98. The van der Waals surface area contributed by atoms with Crippen LogP contribution in [0.1, 0.15) is 36.9 Å². The van der Waals surface area contributed by atoms with Crippen LogP contribution in [0.3, 0.4) is 0 Å². The molecule has 0 radical (unpaired) electrons. The van der Waals surface area contributed by atoms with Gasteiger partial charge in [-0.25, -0.2) is 0 Å². The van der Waals surface area contributed by atoms with Gasteiger partial charge in [0, 0.05) is 31.5 Å². The van der Waals surface area contributed by atoms with Crippen molar-refractivity contribution >= 4 is 23.1 Å². The van der Waals surface area contributed by atoms with Gasteiger partial charge in [0.2, 0.25) is 0 Å². The highest BCUT2D eigenvalue weighted by Gasteiger charge is 2.45. The molecule has 30 heavy (non-hydrogen) atoms. The summed E-state index contributed by atoms with van der Waals surface area (Å²) in [4.78, 5) is 33.5. The third-order valence-corrected chi connectivity index (χ3v) is 5.62. The standard InChI is InChI=1S/C23H25N3O4/c1-3-4-10-26-20(16-6-5-9-24-14-16)19(22(28)23(26)29)21(27)15-7-8-18-17(13-15)25(2)11-12-30-18/h5-9,13-14,20,27H,3-4,10-12H2,1-2H3/b21-19-. The van der Waals surface area contributed by atoms with Gasteiger partial charge in [0.25, 0.3) is 11.7 Å². The monoisotopic (exact) mass is 407 g/mol. The molecular formula is C23H25N3O4. The number of benzene rings is 1. The predicted octanol–water partition coefficient (Wildman–Crippen LogP) is 3.13. The summed E-state index contributed by atoms with van der Waals surface area (Å²) in [5.74, 6) is -0.701. The highest BCUT2D eigenvalue weighted by atomic mass is 16.5. The van der Waals surface area contributed by atoms with Crippen molar-refractivity contribution in [1.29, 1.82) is 0 Å². The van der Waals surface area contributed by atoms with E-state index in [-0.39, 0.29) is 11.3 Å². The van der Waals surface area contributed by atoms with Crippen molar-refractivity contribution in [3.63, 3.8) is 0 Å². The SMILES string of the molecule is CCCCN1C(=O)C(=O)/C(=C(\O)c2ccc3c(c2)N(C)CCO3)C1c1cccnc1. The van der Waals surface area contributed by atoms with Crippen LogP contribution in [0.15, 0.2) is 48.3 Å². The van der Waals surface area contributed by atoms with Crippen LogP contribution in [0.25, 0.3) is 5.76 Å². The van der Waals surface area contributed by atoms with E-state index in [1.54, 1.807) is 41.6 Å². The largest absolute Gasteiger partial charge is 0.507 e. The van der Waals surface area contributed by atoms with Crippen molar-refractivity contribution in [3.8, 4) is 5.75 Å². The molecule has 1 saturated heterocycles. The first-order valence-corrected chi connectivity index (χ1v) is 10.2. The molecule has 1 atom stereocenters. The molecule has 0 bridgehead atoms. The zero-order valence-electron chi connectivity index (χ0n) is 17.2. The van der Waals surface area contributed by atoms with Crippen LogP contribution in [0.2, 0.25) is 0 Å². The predicted molar refractivity (Wildman–Crippen MR) is 113 cm³/mol. The summed E-state index contributed by atoms with van der Waals surface area (Å²) >= 11 is 0. The Hall–Kier alpha value is -3.35. The second kappa shape index (κ2) is 8.18. The molecule has 2 aliphatic rings. The highest BCUT2D eigenvalue weighted by Crippen LogP contribution is 2.41. The lowest BCUT2D eigenvalue weighted by Crippen LogP contribution is -2.30. The average Bonchev–Trinajstić information content (AvgIpc) is 3.02. The van der Waals surface area contributed by atoms with Crippen LogP contribution in [0, 0.1) is 0 Å². The van der Waals surface area contributed by atoms with Gasteiger partial charge < -0.3 is 19.6 Å². The number of fused-ring (bicyclic) bond motifs is 1. The van der Waals surface area contributed by atoms with E-state index in [2.05, 4.69) is 4.98 Å². The van der Waals surface area contributed by atoms with E-state index in [4.69, 9.17) is 4.74 Å².